The van der Waals surface area contributed by atoms with Crippen LogP contribution in [0.3, 0.4) is 0 Å². The molecular weight excluding hydrogens is 274 g/mol. The van der Waals surface area contributed by atoms with Crippen molar-refractivity contribution in [3.05, 3.63) is 28.3 Å². The fourth-order valence-electron chi connectivity index (χ4n) is 2.67. The van der Waals surface area contributed by atoms with E-state index in [0.717, 1.165) is 16.6 Å². The van der Waals surface area contributed by atoms with Gasteiger partial charge in [0.05, 0.1) is 11.2 Å². The Morgan fingerprint density at radius 3 is 2.30 bits per heavy atom. The molecule has 3 nitrogen and oxygen atoms in total. The van der Waals surface area contributed by atoms with Gasteiger partial charge in [-0.05, 0) is 39.7 Å². The molecule has 2 aliphatic rings. The highest BCUT2D eigenvalue weighted by molar-refractivity contribution is 6.66. The van der Waals surface area contributed by atoms with Crippen LogP contribution < -0.4 is 5.46 Å². The molecule has 0 radical (unpaired) electrons. The number of benzene rings is 1. The average molecular weight is 293 g/mol. The number of hydrogen-bond acceptors (Lipinski definition) is 3. The summed E-state index contributed by atoms with van der Waals surface area (Å²) in [6, 6.07) is 3.70. The molecule has 0 amide bonds. The monoisotopic (exact) mass is 292 g/mol. The summed E-state index contributed by atoms with van der Waals surface area (Å²) in [5.41, 5.74) is 1.71. The Labute approximate surface area is 124 Å². The number of Topliss-reactive ketones (excluding diaryl/α,β-unsaturated/α-hetero) is 1. The molecule has 0 atom stereocenters. The summed E-state index contributed by atoms with van der Waals surface area (Å²) >= 11 is 6.47. The quantitative estimate of drug-likeness (QED) is 0.747. The van der Waals surface area contributed by atoms with Crippen molar-refractivity contribution in [1.82, 2.24) is 0 Å². The predicted molar refractivity (Wildman–Crippen MR) is 79.8 cm³/mol. The lowest BCUT2D eigenvalue weighted by atomic mass is 9.77. The van der Waals surface area contributed by atoms with Crippen LogP contribution in [-0.2, 0) is 15.7 Å². The lowest BCUT2D eigenvalue weighted by Gasteiger charge is -2.32. The molecule has 3 rings (SSSR count). The number of carbonyl (C=O) groups is 1. The molecule has 1 heterocycles. The van der Waals surface area contributed by atoms with Crippen LogP contribution in [0.1, 0.15) is 50.0 Å². The number of rotatable bonds is 1. The van der Waals surface area contributed by atoms with Crippen molar-refractivity contribution in [2.24, 2.45) is 0 Å². The molecular formula is C15H18BClO3. The van der Waals surface area contributed by atoms with E-state index in [1.165, 1.54) is 0 Å². The normalized spacial score (nSPS) is 23.2. The zero-order valence-corrected chi connectivity index (χ0v) is 13.0. The van der Waals surface area contributed by atoms with Gasteiger partial charge >= 0.3 is 7.12 Å². The van der Waals surface area contributed by atoms with Gasteiger partial charge in [0.25, 0.3) is 0 Å². The van der Waals surface area contributed by atoms with E-state index in [2.05, 4.69) is 0 Å². The van der Waals surface area contributed by atoms with Crippen LogP contribution in [0.5, 0.6) is 0 Å². The van der Waals surface area contributed by atoms with E-state index >= 15 is 0 Å². The number of ketones is 1. The Morgan fingerprint density at radius 2 is 1.70 bits per heavy atom. The van der Waals surface area contributed by atoms with Crippen LogP contribution >= 0.6 is 11.6 Å². The third kappa shape index (κ3) is 1.93. The third-order valence-electron chi connectivity index (χ3n) is 4.68. The van der Waals surface area contributed by atoms with E-state index in [1.807, 2.05) is 39.8 Å². The standard InChI is InChI=1S/C15H18BClO3/c1-14(2)15(3,4)20-16(19-14)11-7-5-9-10(13(11)17)6-8-12(9)18/h5,7H,6,8H2,1-4H3. The highest BCUT2D eigenvalue weighted by Gasteiger charge is 2.52. The van der Waals surface area contributed by atoms with Gasteiger partial charge in [-0.2, -0.15) is 0 Å². The minimum Gasteiger partial charge on any atom is -0.399 e. The molecule has 106 valence electrons. The topological polar surface area (TPSA) is 35.5 Å². The Bertz CT molecular complexity index is 579. The molecule has 0 N–H and O–H groups in total. The SMILES string of the molecule is CC1(C)OB(c2ccc3c(c2Cl)CCC3=O)OC1(C)C. The first-order valence-corrected chi connectivity index (χ1v) is 7.31. The smallest absolute Gasteiger partial charge is 0.399 e. The highest BCUT2D eigenvalue weighted by Crippen LogP contribution is 2.38. The lowest BCUT2D eigenvalue weighted by molar-refractivity contribution is 0.00578. The van der Waals surface area contributed by atoms with E-state index in [0.29, 0.717) is 17.9 Å². The molecule has 1 aliphatic carbocycles. The van der Waals surface area contributed by atoms with E-state index in [4.69, 9.17) is 20.9 Å². The fraction of sp³-hybridized carbons (Fsp3) is 0.533. The Morgan fingerprint density at radius 1 is 1.10 bits per heavy atom. The Balaban J connectivity index is 2.00. The van der Waals surface area contributed by atoms with Crippen LogP contribution in [0.2, 0.25) is 5.02 Å². The molecule has 1 aromatic carbocycles. The summed E-state index contributed by atoms with van der Waals surface area (Å²) in [5.74, 6) is 0.169. The maximum absolute atomic E-state index is 11.7. The van der Waals surface area contributed by atoms with E-state index in [-0.39, 0.29) is 5.78 Å². The molecule has 0 aromatic heterocycles. The minimum absolute atomic E-state index is 0.169. The van der Waals surface area contributed by atoms with Crippen molar-refractivity contribution in [1.29, 1.82) is 0 Å². The second kappa shape index (κ2) is 4.33. The van der Waals surface area contributed by atoms with Gasteiger partial charge in [-0.1, -0.05) is 23.7 Å². The molecule has 20 heavy (non-hydrogen) atoms. The first-order chi connectivity index (χ1) is 9.23. The Hall–Kier alpha value is -0.835. The summed E-state index contributed by atoms with van der Waals surface area (Å²) in [4.78, 5) is 11.7. The van der Waals surface area contributed by atoms with Gasteiger partial charge in [-0.25, -0.2) is 0 Å². The van der Waals surface area contributed by atoms with Crippen molar-refractivity contribution in [2.45, 2.75) is 51.7 Å². The second-order valence-corrected chi connectivity index (χ2v) is 6.88. The van der Waals surface area contributed by atoms with Crippen LogP contribution in [-0.4, -0.2) is 24.1 Å². The zero-order chi connectivity index (χ0) is 14.7. The fourth-order valence-corrected chi connectivity index (χ4v) is 3.02. The maximum Gasteiger partial charge on any atom is 0.496 e. The lowest BCUT2D eigenvalue weighted by Crippen LogP contribution is -2.41. The summed E-state index contributed by atoms with van der Waals surface area (Å²) in [6.45, 7) is 8.05. The summed E-state index contributed by atoms with van der Waals surface area (Å²) in [7, 11) is -0.478. The molecule has 0 unspecified atom stereocenters. The van der Waals surface area contributed by atoms with Crippen LogP contribution in [0.4, 0.5) is 0 Å². The second-order valence-electron chi connectivity index (χ2n) is 6.51. The summed E-state index contributed by atoms with van der Waals surface area (Å²) in [6.07, 6.45) is 1.25. The van der Waals surface area contributed by atoms with Gasteiger partial charge in [0.1, 0.15) is 0 Å². The third-order valence-corrected chi connectivity index (χ3v) is 5.13. The maximum atomic E-state index is 11.7. The summed E-state index contributed by atoms with van der Waals surface area (Å²) in [5, 5.41) is 0.617. The summed E-state index contributed by atoms with van der Waals surface area (Å²) < 4.78 is 12.1. The van der Waals surface area contributed by atoms with Gasteiger partial charge in [-0.3, -0.25) is 4.79 Å². The van der Waals surface area contributed by atoms with Gasteiger partial charge in [-0.15, -0.1) is 0 Å². The van der Waals surface area contributed by atoms with Gasteiger partial charge in [0.15, 0.2) is 5.78 Å². The van der Waals surface area contributed by atoms with E-state index < -0.39 is 18.3 Å². The Kier molecular flexibility index (Phi) is 3.05. The van der Waals surface area contributed by atoms with Crippen molar-refractivity contribution in [3.63, 3.8) is 0 Å². The van der Waals surface area contributed by atoms with E-state index in [1.54, 1.807) is 0 Å². The van der Waals surface area contributed by atoms with Crippen molar-refractivity contribution < 1.29 is 14.1 Å². The van der Waals surface area contributed by atoms with Crippen molar-refractivity contribution in [3.8, 4) is 0 Å². The number of halogens is 1. The molecule has 1 saturated heterocycles. The first kappa shape index (κ1) is 14.1. The average Bonchev–Trinajstić information content (AvgIpc) is 2.79. The van der Waals surface area contributed by atoms with Crippen molar-refractivity contribution >= 4 is 30.0 Å². The largest absolute Gasteiger partial charge is 0.496 e. The number of hydrogen-bond donors (Lipinski definition) is 0. The van der Waals surface area contributed by atoms with E-state index in [9.17, 15) is 4.79 Å². The highest BCUT2D eigenvalue weighted by atomic mass is 35.5. The molecule has 0 bridgehead atoms. The minimum atomic E-state index is -0.478. The molecule has 0 saturated carbocycles. The first-order valence-electron chi connectivity index (χ1n) is 6.93. The predicted octanol–water partition coefficient (Wildman–Crippen LogP) is 2.77. The molecule has 5 heteroatoms. The van der Waals surface area contributed by atoms with Crippen LogP contribution in [0, 0.1) is 0 Å². The van der Waals surface area contributed by atoms with Gasteiger partial charge in [0.2, 0.25) is 0 Å². The van der Waals surface area contributed by atoms with Crippen molar-refractivity contribution in [2.75, 3.05) is 0 Å². The number of fused-ring (bicyclic) bond motifs is 1. The number of carbonyl (C=O) groups excluding carboxylic acids is 1. The van der Waals surface area contributed by atoms with Gasteiger partial charge < -0.3 is 9.31 Å². The molecule has 1 aromatic rings. The van der Waals surface area contributed by atoms with Gasteiger partial charge in [0, 0.05) is 22.5 Å². The molecule has 1 aliphatic heterocycles. The van der Waals surface area contributed by atoms with Crippen LogP contribution in [0.25, 0.3) is 0 Å². The molecule has 1 fully saturated rings. The molecule has 0 spiro atoms. The zero-order valence-electron chi connectivity index (χ0n) is 12.2. The van der Waals surface area contributed by atoms with Crippen LogP contribution in [0.15, 0.2) is 12.1 Å².